The molecule has 23 heavy (non-hydrogen) atoms. The molecule has 7 nitrogen and oxygen atoms in total. The van der Waals surface area contributed by atoms with E-state index in [0.29, 0.717) is 23.7 Å². The van der Waals surface area contributed by atoms with Crippen LogP contribution >= 0.6 is 11.8 Å². The van der Waals surface area contributed by atoms with Crippen LogP contribution in [-0.4, -0.2) is 44.3 Å². The number of hydrogen-bond donors (Lipinski definition) is 2. The molecule has 2 N–H and O–H groups in total. The normalized spacial score (nSPS) is 11.4. The number of urea groups is 1. The summed E-state index contributed by atoms with van der Waals surface area (Å²) in [5.74, 6) is 0.476. The van der Waals surface area contributed by atoms with Crippen LogP contribution in [0.5, 0.6) is 11.5 Å². The Hall–Kier alpha value is -2.09. The second-order valence-electron chi connectivity index (χ2n) is 4.67. The van der Waals surface area contributed by atoms with Gasteiger partial charge in [-0.15, -0.1) is 0 Å². The van der Waals surface area contributed by atoms with E-state index in [4.69, 9.17) is 9.47 Å². The lowest BCUT2D eigenvalue weighted by Crippen LogP contribution is -2.51. The van der Waals surface area contributed by atoms with Crippen LogP contribution in [0.25, 0.3) is 0 Å². The lowest BCUT2D eigenvalue weighted by atomic mass is 10.2. The Morgan fingerprint density at radius 1 is 1.26 bits per heavy atom. The number of ether oxygens (including phenoxy) is 2. The van der Waals surface area contributed by atoms with Crippen LogP contribution in [0.3, 0.4) is 0 Å². The van der Waals surface area contributed by atoms with Gasteiger partial charge in [-0.1, -0.05) is 6.07 Å². The van der Waals surface area contributed by atoms with Gasteiger partial charge in [0.2, 0.25) is 0 Å². The summed E-state index contributed by atoms with van der Waals surface area (Å²) in [6, 6.07) is 3.69. The molecule has 2 amide bonds. The maximum atomic E-state index is 11.8. The first-order valence-electron chi connectivity index (χ1n) is 6.96. The standard InChI is InChI=1S/C15H22N2O5S/c1-21-12-5-4-10(8-13(12)22-2)9-16-15(20)17-11(14(18)19)6-7-23-3/h4-5,8,11H,6-7,9H2,1-3H3,(H,18,19)(H2,16,17,20)/p-1/t11-/m0/s1. The monoisotopic (exact) mass is 341 g/mol. The number of carboxylic acids is 1. The van der Waals surface area contributed by atoms with Crippen molar-refractivity contribution in [3.05, 3.63) is 23.8 Å². The van der Waals surface area contributed by atoms with E-state index in [1.54, 1.807) is 18.2 Å². The minimum absolute atomic E-state index is 0.231. The second kappa shape index (κ2) is 9.83. The van der Waals surface area contributed by atoms with Gasteiger partial charge in [0.1, 0.15) is 0 Å². The van der Waals surface area contributed by atoms with Gasteiger partial charge in [-0.2, -0.15) is 11.8 Å². The lowest BCUT2D eigenvalue weighted by molar-refractivity contribution is -0.308. The first-order valence-corrected chi connectivity index (χ1v) is 8.36. The molecule has 1 rings (SSSR count). The average Bonchev–Trinajstić information content (AvgIpc) is 2.56. The molecule has 0 spiro atoms. The van der Waals surface area contributed by atoms with Crippen molar-refractivity contribution in [2.45, 2.75) is 19.0 Å². The van der Waals surface area contributed by atoms with Crippen molar-refractivity contribution in [1.29, 1.82) is 0 Å². The van der Waals surface area contributed by atoms with Crippen LogP contribution in [0.4, 0.5) is 4.79 Å². The molecule has 1 atom stereocenters. The molecule has 0 aliphatic carbocycles. The molecule has 0 heterocycles. The minimum Gasteiger partial charge on any atom is -0.548 e. The van der Waals surface area contributed by atoms with Crippen molar-refractivity contribution >= 4 is 23.8 Å². The first-order chi connectivity index (χ1) is 11.0. The SMILES string of the molecule is COc1ccc(CNC(=O)N[C@@H](CCSC)C(=O)[O-])cc1OC. The number of benzene rings is 1. The van der Waals surface area contributed by atoms with E-state index >= 15 is 0 Å². The number of aliphatic carboxylic acids is 1. The number of rotatable bonds is 9. The Labute approximate surface area is 139 Å². The summed E-state index contributed by atoms with van der Waals surface area (Å²) >= 11 is 1.50. The number of thioether (sulfide) groups is 1. The van der Waals surface area contributed by atoms with E-state index in [1.165, 1.54) is 26.0 Å². The maximum Gasteiger partial charge on any atom is 0.315 e. The Morgan fingerprint density at radius 3 is 2.52 bits per heavy atom. The van der Waals surface area contributed by atoms with E-state index in [1.807, 2.05) is 6.26 Å². The zero-order valence-electron chi connectivity index (χ0n) is 13.4. The highest BCUT2D eigenvalue weighted by atomic mass is 32.2. The third-order valence-electron chi connectivity index (χ3n) is 3.10. The third-order valence-corrected chi connectivity index (χ3v) is 3.75. The van der Waals surface area contributed by atoms with Gasteiger partial charge >= 0.3 is 6.03 Å². The highest BCUT2D eigenvalue weighted by Crippen LogP contribution is 2.27. The van der Waals surface area contributed by atoms with Gasteiger partial charge < -0.3 is 30.0 Å². The van der Waals surface area contributed by atoms with E-state index in [9.17, 15) is 14.7 Å². The molecule has 0 fully saturated rings. The molecule has 1 aromatic rings. The van der Waals surface area contributed by atoms with Crippen molar-refractivity contribution in [3.63, 3.8) is 0 Å². The molecule has 0 bridgehead atoms. The summed E-state index contributed by atoms with van der Waals surface area (Å²) < 4.78 is 10.3. The fourth-order valence-electron chi connectivity index (χ4n) is 1.87. The molecule has 0 aliphatic heterocycles. The fourth-order valence-corrected chi connectivity index (χ4v) is 2.34. The first kappa shape index (κ1) is 19.0. The molecule has 0 saturated carbocycles. The Morgan fingerprint density at radius 2 is 1.96 bits per heavy atom. The fraction of sp³-hybridized carbons (Fsp3) is 0.467. The summed E-state index contributed by atoms with van der Waals surface area (Å²) in [6.07, 6.45) is 2.18. The van der Waals surface area contributed by atoms with Crippen LogP contribution in [0.1, 0.15) is 12.0 Å². The second-order valence-corrected chi connectivity index (χ2v) is 5.66. The van der Waals surface area contributed by atoms with Gasteiger partial charge in [0, 0.05) is 6.54 Å². The molecule has 0 aromatic heterocycles. The number of carbonyl (C=O) groups is 2. The molecule has 0 aliphatic rings. The molecule has 0 unspecified atom stereocenters. The Bertz CT molecular complexity index is 539. The Kier molecular flexibility index (Phi) is 8.10. The lowest BCUT2D eigenvalue weighted by Gasteiger charge is -2.19. The molecule has 128 valence electrons. The van der Waals surface area contributed by atoms with Crippen LogP contribution in [0.15, 0.2) is 18.2 Å². The zero-order valence-corrected chi connectivity index (χ0v) is 14.2. The molecule has 0 saturated heterocycles. The van der Waals surface area contributed by atoms with Crippen LogP contribution in [0.2, 0.25) is 0 Å². The summed E-state index contributed by atoms with van der Waals surface area (Å²) in [6.45, 7) is 0.231. The maximum absolute atomic E-state index is 11.8. The van der Waals surface area contributed by atoms with E-state index in [2.05, 4.69) is 10.6 Å². The highest BCUT2D eigenvalue weighted by molar-refractivity contribution is 7.98. The van der Waals surface area contributed by atoms with Gasteiger partial charge in [-0.05, 0) is 36.1 Å². The van der Waals surface area contributed by atoms with Crippen LogP contribution < -0.4 is 25.2 Å². The summed E-state index contributed by atoms with van der Waals surface area (Å²) in [5.41, 5.74) is 0.798. The van der Waals surface area contributed by atoms with Gasteiger partial charge in [0.15, 0.2) is 11.5 Å². The van der Waals surface area contributed by atoms with Gasteiger partial charge in [-0.3, -0.25) is 0 Å². The summed E-state index contributed by atoms with van der Waals surface area (Å²) in [4.78, 5) is 22.8. The van der Waals surface area contributed by atoms with E-state index in [-0.39, 0.29) is 6.54 Å². The largest absolute Gasteiger partial charge is 0.548 e. The van der Waals surface area contributed by atoms with Crippen LogP contribution in [-0.2, 0) is 11.3 Å². The number of carboxylic acid groups (broad SMARTS) is 1. The van der Waals surface area contributed by atoms with Gasteiger partial charge in [0.25, 0.3) is 0 Å². The van der Waals surface area contributed by atoms with Gasteiger partial charge in [-0.25, -0.2) is 4.79 Å². The highest BCUT2D eigenvalue weighted by Gasteiger charge is 2.13. The summed E-state index contributed by atoms with van der Waals surface area (Å²) in [7, 11) is 3.07. The number of methoxy groups -OCH3 is 2. The molecule has 0 radical (unpaired) electrons. The molecule has 1 aromatic carbocycles. The van der Waals surface area contributed by atoms with E-state index < -0.39 is 18.0 Å². The average molecular weight is 341 g/mol. The summed E-state index contributed by atoms with van der Waals surface area (Å²) in [5, 5.41) is 16.0. The molecule has 8 heteroatoms. The molecular formula is C15H21N2O5S-. The van der Waals surface area contributed by atoms with Crippen molar-refractivity contribution in [2.75, 3.05) is 26.2 Å². The minimum atomic E-state index is -1.29. The van der Waals surface area contributed by atoms with Crippen molar-refractivity contribution < 1.29 is 24.2 Å². The van der Waals surface area contributed by atoms with Crippen LogP contribution in [0, 0.1) is 0 Å². The third kappa shape index (κ3) is 6.27. The number of carbonyl (C=O) groups excluding carboxylic acids is 2. The number of hydrogen-bond acceptors (Lipinski definition) is 6. The predicted octanol–water partition coefficient (Wildman–Crippen LogP) is 0.375. The van der Waals surface area contributed by atoms with Crippen molar-refractivity contribution in [3.8, 4) is 11.5 Å². The number of amides is 2. The molecular weight excluding hydrogens is 320 g/mol. The predicted molar refractivity (Wildman–Crippen MR) is 86.7 cm³/mol. The van der Waals surface area contributed by atoms with E-state index in [0.717, 1.165) is 5.56 Å². The topological polar surface area (TPSA) is 99.7 Å². The Balaban J connectivity index is 2.56. The smallest absolute Gasteiger partial charge is 0.315 e. The zero-order chi connectivity index (χ0) is 17.2. The van der Waals surface area contributed by atoms with Crippen molar-refractivity contribution in [2.24, 2.45) is 0 Å². The quantitative estimate of drug-likeness (QED) is 0.673. The number of nitrogens with one attached hydrogen (secondary N) is 2. The van der Waals surface area contributed by atoms with Gasteiger partial charge in [0.05, 0.1) is 26.2 Å². The van der Waals surface area contributed by atoms with Crippen molar-refractivity contribution in [1.82, 2.24) is 10.6 Å².